The van der Waals surface area contributed by atoms with Gasteiger partial charge >= 0.3 is 5.97 Å². The first-order chi connectivity index (χ1) is 7.10. The van der Waals surface area contributed by atoms with Crippen LogP contribution in [0.1, 0.15) is 34.1 Å². The number of thioether (sulfide) groups is 1. The third-order valence-electron chi connectivity index (χ3n) is 2.29. The van der Waals surface area contributed by atoms with Gasteiger partial charge in [-0.3, -0.25) is 0 Å². The molecule has 0 aromatic carbocycles. The Hall–Kier alpha value is -0.640. The van der Waals surface area contributed by atoms with Gasteiger partial charge < -0.3 is 9.47 Å². The van der Waals surface area contributed by atoms with Gasteiger partial charge in [-0.15, -0.1) is 11.8 Å². The van der Waals surface area contributed by atoms with Crippen molar-refractivity contribution < 1.29 is 14.3 Å². The smallest absolute Gasteiger partial charge is 0.348 e. The van der Waals surface area contributed by atoms with Gasteiger partial charge in [0.1, 0.15) is 5.76 Å². The van der Waals surface area contributed by atoms with Gasteiger partial charge in [-0.05, 0) is 20.8 Å². The van der Waals surface area contributed by atoms with Crippen molar-refractivity contribution in [1.29, 1.82) is 0 Å². The Morgan fingerprint density at radius 2 is 2.20 bits per heavy atom. The van der Waals surface area contributed by atoms with E-state index < -0.39 is 6.10 Å². The summed E-state index contributed by atoms with van der Waals surface area (Å²) in [4.78, 5) is 12.8. The standard InChI is InChI=1S/C11H18O3S/c1-5-9-7(3)15-8(4)10(14-9)11(12)13-6-2/h8,10H,5-6H2,1-4H3. The predicted octanol–water partition coefficient (Wildman–Crippen LogP) is 2.71. The molecule has 0 aromatic rings. The van der Waals surface area contributed by atoms with Crippen LogP contribution in [0, 0.1) is 0 Å². The molecule has 86 valence electrons. The minimum absolute atomic E-state index is 0.124. The molecule has 0 aliphatic carbocycles. The van der Waals surface area contributed by atoms with E-state index in [1.165, 1.54) is 4.91 Å². The van der Waals surface area contributed by atoms with Crippen molar-refractivity contribution in [2.45, 2.75) is 45.5 Å². The van der Waals surface area contributed by atoms with Crippen molar-refractivity contribution in [2.24, 2.45) is 0 Å². The van der Waals surface area contributed by atoms with Crippen LogP contribution in [-0.4, -0.2) is 23.9 Å². The van der Waals surface area contributed by atoms with E-state index in [0.29, 0.717) is 6.61 Å². The molecule has 1 aliphatic heterocycles. The zero-order valence-electron chi connectivity index (χ0n) is 9.70. The summed E-state index contributed by atoms with van der Waals surface area (Å²) in [7, 11) is 0. The summed E-state index contributed by atoms with van der Waals surface area (Å²) in [5.74, 6) is 0.659. The number of hydrogen-bond acceptors (Lipinski definition) is 4. The average Bonchev–Trinajstić information content (AvgIpc) is 2.18. The summed E-state index contributed by atoms with van der Waals surface area (Å²) >= 11 is 1.69. The molecule has 0 saturated heterocycles. The van der Waals surface area contributed by atoms with Gasteiger partial charge in [0, 0.05) is 11.3 Å². The van der Waals surface area contributed by atoms with Gasteiger partial charge in [-0.25, -0.2) is 4.79 Å². The Labute approximate surface area is 95.2 Å². The van der Waals surface area contributed by atoms with E-state index in [4.69, 9.17) is 9.47 Å². The van der Waals surface area contributed by atoms with Crippen molar-refractivity contribution in [2.75, 3.05) is 6.61 Å². The Morgan fingerprint density at radius 1 is 1.53 bits per heavy atom. The molecule has 0 saturated carbocycles. The van der Waals surface area contributed by atoms with E-state index >= 15 is 0 Å². The molecule has 15 heavy (non-hydrogen) atoms. The van der Waals surface area contributed by atoms with Crippen LogP contribution >= 0.6 is 11.8 Å². The second kappa shape index (κ2) is 5.45. The molecule has 1 aliphatic rings. The fraction of sp³-hybridized carbons (Fsp3) is 0.727. The van der Waals surface area contributed by atoms with Crippen LogP contribution in [0.5, 0.6) is 0 Å². The van der Waals surface area contributed by atoms with E-state index in [1.807, 2.05) is 20.8 Å². The zero-order valence-corrected chi connectivity index (χ0v) is 10.5. The highest BCUT2D eigenvalue weighted by molar-refractivity contribution is 8.03. The molecular weight excluding hydrogens is 212 g/mol. The second-order valence-corrected chi connectivity index (χ2v) is 5.04. The molecule has 1 rings (SSSR count). The number of ether oxygens (including phenoxy) is 2. The van der Waals surface area contributed by atoms with Crippen molar-refractivity contribution in [3.05, 3.63) is 10.7 Å². The second-order valence-electron chi connectivity index (χ2n) is 3.45. The van der Waals surface area contributed by atoms with Gasteiger partial charge in [0.25, 0.3) is 0 Å². The normalized spacial score (nSPS) is 26.1. The van der Waals surface area contributed by atoms with Crippen LogP contribution in [0.2, 0.25) is 0 Å². The summed E-state index contributed by atoms with van der Waals surface area (Å²) in [5.41, 5.74) is 0. The maximum atomic E-state index is 11.6. The zero-order chi connectivity index (χ0) is 11.4. The van der Waals surface area contributed by atoms with Crippen molar-refractivity contribution in [3.63, 3.8) is 0 Å². The fourth-order valence-corrected chi connectivity index (χ4v) is 2.71. The Kier molecular flexibility index (Phi) is 4.51. The molecular formula is C11H18O3S. The maximum absolute atomic E-state index is 11.6. The molecule has 4 heteroatoms. The Bertz CT molecular complexity index is 273. The molecule has 3 nitrogen and oxygen atoms in total. The van der Waals surface area contributed by atoms with Crippen molar-refractivity contribution >= 4 is 17.7 Å². The topological polar surface area (TPSA) is 35.5 Å². The van der Waals surface area contributed by atoms with Crippen molar-refractivity contribution in [1.82, 2.24) is 0 Å². The van der Waals surface area contributed by atoms with Crippen LogP contribution in [0.25, 0.3) is 0 Å². The van der Waals surface area contributed by atoms with E-state index in [0.717, 1.165) is 12.2 Å². The fourth-order valence-electron chi connectivity index (χ4n) is 1.53. The maximum Gasteiger partial charge on any atom is 0.348 e. The summed E-state index contributed by atoms with van der Waals surface area (Å²) in [6.07, 6.45) is 0.371. The minimum atomic E-state index is -0.450. The first-order valence-corrected chi connectivity index (χ1v) is 6.17. The first-order valence-electron chi connectivity index (χ1n) is 5.29. The van der Waals surface area contributed by atoms with Crippen LogP contribution in [-0.2, 0) is 14.3 Å². The average molecular weight is 230 g/mol. The van der Waals surface area contributed by atoms with Crippen LogP contribution in [0.3, 0.4) is 0 Å². The van der Waals surface area contributed by atoms with Gasteiger partial charge in [-0.2, -0.15) is 0 Å². The molecule has 0 aromatic heterocycles. The highest BCUT2D eigenvalue weighted by Crippen LogP contribution is 2.35. The summed E-state index contributed by atoms with van der Waals surface area (Å²) in [6.45, 7) is 8.25. The summed E-state index contributed by atoms with van der Waals surface area (Å²) in [5, 5.41) is 0.124. The molecule has 0 fully saturated rings. The highest BCUT2D eigenvalue weighted by atomic mass is 32.2. The third-order valence-corrected chi connectivity index (χ3v) is 3.49. The molecule has 1 heterocycles. The predicted molar refractivity (Wildman–Crippen MR) is 61.6 cm³/mol. The summed E-state index contributed by atoms with van der Waals surface area (Å²) in [6, 6.07) is 0. The molecule has 0 bridgehead atoms. The molecule has 2 unspecified atom stereocenters. The largest absolute Gasteiger partial charge is 0.481 e. The number of rotatable bonds is 3. The lowest BCUT2D eigenvalue weighted by atomic mass is 10.2. The van der Waals surface area contributed by atoms with Gasteiger partial charge in [0.05, 0.1) is 11.9 Å². The lowest BCUT2D eigenvalue weighted by Crippen LogP contribution is -2.36. The highest BCUT2D eigenvalue weighted by Gasteiger charge is 2.33. The lowest BCUT2D eigenvalue weighted by molar-refractivity contribution is -0.154. The minimum Gasteiger partial charge on any atom is -0.481 e. The van der Waals surface area contributed by atoms with Crippen LogP contribution in [0.4, 0.5) is 0 Å². The molecule has 2 atom stereocenters. The molecule has 0 amide bonds. The van der Waals surface area contributed by atoms with E-state index in [-0.39, 0.29) is 11.2 Å². The number of hydrogen-bond donors (Lipinski definition) is 0. The lowest BCUT2D eigenvalue weighted by Gasteiger charge is -2.30. The Morgan fingerprint density at radius 3 is 2.73 bits per heavy atom. The van der Waals surface area contributed by atoms with Crippen LogP contribution < -0.4 is 0 Å². The van der Waals surface area contributed by atoms with E-state index in [1.54, 1.807) is 18.7 Å². The SMILES string of the molecule is CCOC(=O)C1OC(CC)=C(C)SC1C. The van der Waals surface area contributed by atoms with Gasteiger partial charge in [0.15, 0.2) is 0 Å². The van der Waals surface area contributed by atoms with E-state index in [9.17, 15) is 4.79 Å². The number of allylic oxidation sites excluding steroid dienone is 2. The molecule has 0 spiro atoms. The van der Waals surface area contributed by atoms with Gasteiger partial charge in [-0.1, -0.05) is 6.92 Å². The van der Waals surface area contributed by atoms with E-state index in [2.05, 4.69) is 0 Å². The number of carbonyl (C=O) groups excluding carboxylic acids is 1. The number of esters is 1. The van der Waals surface area contributed by atoms with Crippen LogP contribution in [0.15, 0.2) is 10.7 Å². The molecule has 0 radical (unpaired) electrons. The Balaban J connectivity index is 2.73. The number of carbonyl (C=O) groups is 1. The third kappa shape index (κ3) is 2.91. The quantitative estimate of drug-likeness (QED) is 0.698. The molecule has 0 N–H and O–H groups in total. The monoisotopic (exact) mass is 230 g/mol. The van der Waals surface area contributed by atoms with Crippen molar-refractivity contribution in [3.8, 4) is 0 Å². The first kappa shape index (κ1) is 12.4. The summed E-state index contributed by atoms with van der Waals surface area (Å²) < 4.78 is 10.6. The van der Waals surface area contributed by atoms with Gasteiger partial charge in [0.2, 0.25) is 6.10 Å².